The van der Waals surface area contributed by atoms with E-state index in [0.717, 1.165) is 17.7 Å². The Balaban J connectivity index is 1.98. The normalized spacial score (nSPS) is 29.4. The fraction of sp³-hybridized carbons (Fsp3) is 0.600. The lowest BCUT2D eigenvalue weighted by Gasteiger charge is -2.49. The van der Waals surface area contributed by atoms with Gasteiger partial charge in [-0.2, -0.15) is 0 Å². The van der Waals surface area contributed by atoms with E-state index in [1.165, 1.54) is 0 Å². The van der Waals surface area contributed by atoms with Crippen LogP contribution in [-0.2, 0) is 16.1 Å². The standard InChI is InChI=1S/C15H20N2O2S/c1-14(2)13(19)17(9-11-5-4-8-20-11)15(3,10-6-7-10)12(18)16-14/h4-5,8,10H,6-7,9H2,1-3H3,(H,16,18). The summed E-state index contributed by atoms with van der Waals surface area (Å²) in [5, 5.41) is 4.90. The summed E-state index contributed by atoms with van der Waals surface area (Å²) in [4.78, 5) is 28.3. The van der Waals surface area contributed by atoms with Crippen molar-refractivity contribution >= 4 is 23.2 Å². The van der Waals surface area contributed by atoms with Crippen LogP contribution in [0, 0.1) is 5.92 Å². The maximum absolute atomic E-state index is 12.8. The first-order chi connectivity index (χ1) is 9.35. The van der Waals surface area contributed by atoms with Crippen molar-refractivity contribution in [1.29, 1.82) is 0 Å². The van der Waals surface area contributed by atoms with E-state index in [1.54, 1.807) is 30.1 Å². The lowest BCUT2D eigenvalue weighted by molar-refractivity contribution is -0.163. The van der Waals surface area contributed by atoms with Crippen molar-refractivity contribution in [3.8, 4) is 0 Å². The van der Waals surface area contributed by atoms with Crippen LogP contribution in [-0.4, -0.2) is 27.8 Å². The van der Waals surface area contributed by atoms with E-state index in [4.69, 9.17) is 0 Å². The van der Waals surface area contributed by atoms with E-state index in [0.29, 0.717) is 12.5 Å². The van der Waals surface area contributed by atoms with Gasteiger partial charge in [0.15, 0.2) is 0 Å². The molecule has 1 saturated heterocycles. The minimum atomic E-state index is -0.817. The van der Waals surface area contributed by atoms with Crippen molar-refractivity contribution in [3.05, 3.63) is 22.4 Å². The van der Waals surface area contributed by atoms with E-state index in [2.05, 4.69) is 5.32 Å². The number of nitrogens with zero attached hydrogens (tertiary/aromatic N) is 1. The summed E-state index contributed by atoms with van der Waals surface area (Å²) in [5.41, 5.74) is -1.51. The smallest absolute Gasteiger partial charge is 0.248 e. The molecule has 0 aromatic carbocycles. The molecule has 2 heterocycles. The zero-order valence-corrected chi connectivity index (χ0v) is 12.9. The zero-order valence-electron chi connectivity index (χ0n) is 12.1. The lowest BCUT2D eigenvalue weighted by atomic mass is 9.84. The number of carbonyl (C=O) groups is 2. The highest BCUT2D eigenvalue weighted by atomic mass is 32.1. The molecule has 3 rings (SSSR count). The van der Waals surface area contributed by atoms with Crippen molar-refractivity contribution < 1.29 is 9.59 Å². The molecule has 20 heavy (non-hydrogen) atoms. The topological polar surface area (TPSA) is 49.4 Å². The van der Waals surface area contributed by atoms with Gasteiger partial charge >= 0.3 is 0 Å². The molecule has 1 aromatic rings. The molecule has 4 nitrogen and oxygen atoms in total. The van der Waals surface area contributed by atoms with Crippen molar-refractivity contribution in [1.82, 2.24) is 10.2 Å². The van der Waals surface area contributed by atoms with Gasteiger partial charge in [-0.05, 0) is 51.0 Å². The molecule has 1 unspecified atom stereocenters. The van der Waals surface area contributed by atoms with Gasteiger partial charge in [-0.15, -0.1) is 11.3 Å². The molecule has 108 valence electrons. The van der Waals surface area contributed by atoms with Gasteiger partial charge in [-0.3, -0.25) is 9.59 Å². The number of thiophene rings is 1. The summed E-state index contributed by atoms with van der Waals surface area (Å²) in [6.45, 7) is 6.00. The van der Waals surface area contributed by atoms with Gasteiger partial charge in [0.1, 0.15) is 11.1 Å². The molecule has 1 atom stereocenters. The first-order valence-electron chi connectivity index (χ1n) is 7.03. The molecule has 0 spiro atoms. The highest BCUT2D eigenvalue weighted by Crippen LogP contribution is 2.46. The van der Waals surface area contributed by atoms with Crippen LogP contribution in [0.25, 0.3) is 0 Å². The number of amides is 2. The summed E-state index contributed by atoms with van der Waals surface area (Å²) in [6, 6.07) is 4.00. The van der Waals surface area contributed by atoms with Gasteiger partial charge in [0.25, 0.3) is 0 Å². The molecular formula is C15H20N2O2S. The van der Waals surface area contributed by atoms with Gasteiger partial charge in [0, 0.05) is 4.88 Å². The van der Waals surface area contributed by atoms with Crippen LogP contribution in [0.2, 0.25) is 0 Å². The summed E-state index contributed by atoms with van der Waals surface area (Å²) in [6.07, 6.45) is 2.05. The van der Waals surface area contributed by atoms with Crippen molar-refractivity contribution in [2.75, 3.05) is 0 Å². The number of piperazine rings is 1. The average Bonchev–Trinajstić information content (AvgIpc) is 3.11. The molecule has 1 N–H and O–H groups in total. The van der Waals surface area contributed by atoms with E-state index in [1.807, 2.05) is 24.4 Å². The maximum atomic E-state index is 12.8. The molecule has 0 bridgehead atoms. The fourth-order valence-corrected chi connectivity index (χ4v) is 3.67. The Morgan fingerprint density at radius 3 is 2.60 bits per heavy atom. The Morgan fingerprint density at radius 1 is 1.35 bits per heavy atom. The predicted molar refractivity (Wildman–Crippen MR) is 78.2 cm³/mol. The Morgan fingerprint density at radius 2 is 2.05 bits per heavy atom. The Labute approximate surface area is 123 Å². The van der Waals surface area contributed by atoms with Crippen LogP contribution in [0.3, 0.4) is 0 Å². The highest BCUT2D eigenvalue weighted by molar-refractivity contribution is 7.09. The number of hydrogen-bond donors (Lipinski definition) is 1. The molecule has 1 aliphatic heterocycles. The monoisotopic (exact) mass is 292 g/mol. The molecule has 1 aliphatic carbocycles. The Bertz CT molecular complexity index is 548. The molecule has 2 amide bonds. The molecular weight excluding hydrogens is 272 g/mol. The van der Waals surface area contributed by atoms with Crippen LogP contribution in [0.15, 0.2) is 17.5 Å². The highest BCUT2D eigenvalue weighted by Gasteiger charge is 2.58. The second-order valence-corrected chi connectivity index (χ2v) is 7.50. The van der Waals surface area contributed by atoms with Crippen molar-refractivity contribution in [3.63, 3.8) is 0 Å². The largest absolute Gasteiger partial charge is 0.340 e. The first kappa shape index (κ1) is 13.6. The summed E-state index contributed by atoms with van der Waals surface area (Å²) in [7, 11) is 0. The maximum Gasteiger partial charge on any atom is 0.248 e. The van der Waals surface area contributed by atoms with Crippen molar-refractivity contribution in [2.24, 2.45) is 5.92 Å². The van der Waals surface area contributed by atoms with E-state index in [9.17, 15) is 9.59 Å². The van der Waals surface area contributed by atoms with Crippen LogP contribution in [0.1, 0.15) is 38.5 Å². The summed E-state index contributed by atoms with van der Waals surface area (Å²) >= 11 is 1.63. The van der Waals surface area contributed by atoms with E-state index >= 15 is 0 Å². The third kappa shape index (κ3) is 1.95. The van der Waals surface area contributed by atoms with Crippen LogP contribution >= 0.6 is 11.3 Å². The fourth-order valence-electron chi connectivity index (χ4n) is 2.98. The number of carbonyl (C=O) groups excluding carboxylic acids is 2. The lowest BCUT2D eigenvalue weighted by Crippen LogP contribution is -2.73. The minimum absolute atomic E-state index is 0.0128. The van der Waals surface area contributed by atoms with Crippen molar-refractivity contribution in [2.45, 2.75) is 51.2 Å². The molecule has 5 heteroatoms. The quantitative estimate of drug-likeness (QED) is 0.928. The van der Waals surface area contributed by atoms with Gasteiger partial charge < -0.3 is 10.2 Å². The molecule has 2 aliphatic rings. The number of rotatable bonds is 3. The SMILES string of the molecule is CC1(C)NC(=O)C(C)(C2CC2)N(Cc2cccs2)C1=O. The molecule has 1 saturated carbocycles. The van der Waals surface area contributed by atoms with Gasteiger partial charge in [0.05, 0.1) is 6.54 Å². The third-order valence-corrected chi connectivity index (χ3v) is 5.35. The second kappa shape index (κ2) is 4.32. The van der Waals surface area contributed by atoms with Crippen LogP contribution in [0.5, 0.6) is 0 Å². The second-order valence-electron chi connectivity index (χ2n) is 6.47. The molecule has 1 aromatic heterocycles. The average molecular weight is 292 g/mol. The number of nitrogens with one attached hydrogen (secondary N) is 1. The van der Waals surface area contributed by atoms with Gasteiger partial charge in [-0.25, -0.2) is 0 Å². The third-order valence-electron chi connectivity index (χ3n) is 4.49. The Kier molecular flexibility index (Phi) is 2.94. The summed E-state index contributed by atoms with van der Waals surface area (Å²) < 4.78 is 0. The van der Waals surface area contributed by atoms with Crippen LogP contribution < -0.4 is 5.32 Å². The Hall–Kier alpha value is -1.36. The summed E-state index contributed by atoms with van der Waals surface area (Å²) in [5.74, 6) is 0.295. The van der Waals surface area contributed by atoms with Gasteiger partial charge in [-0.1, -0.05) is 6.07 Å². The van der Waals surface area contributed by atoms with E-state index < -0.39 is 11.1 Å². The number of hydrogen-bond acceptors (Lipinski definition) is 3. The van der Waals surface area contributed by atoms with E-state index in [-0.39, 0.29) is 11.8 Å². The molecule has 0 radical (unpaired) electrons. The molecule has 2 fully saturated rings. The predicted octanol–water partition coefficient (Wildman–Crippen LogP) is 2.15. The van der Waals surface area contributed by atoms with Crippen LogP contribution in [0.4, 0.5) is 0 Å². The van der Waals surface area contributed by atoms with Gasteiger partial charge in [0.2, 0.25) is 11.8 Å². The minimum Gasteiger partial charge on any atom is -0.340 e. The first-order valence-corrected chi connectivity index (χ1v) is 7.91. The zero-order chi connectivity index (χ0) is 14.5.